The van der Waals surface area contributed by atoms with Gasteiger partial charge in [0.25, 0.3) is 0 Å². The monoisotopic (exact) mass is 346 g/mol. The fraction of sp³-hybridized carbons (Fsp3) is 0.462. The van der Waals surface area contributed by atoms with Gasteiger partial charge in [-0.25, -0.2) is 8.42 Å². The molecular weight excluding hydrogens is 332 g/mol. The third-order valence-electron chi connectivity index (χ3n) is 3.95. The van der Waals surface area contributed by atoms with Gasteiger partial charge >= 0.3 is 5.97 Å². The van der Waals surface area contributed by atoms with E-state index < -0.39 is 20.6 Å². The summed E-state index contributed by atoms with van der Waals surface area (Å²) < 4.78 is 24.5. The van der Waals surface area contributed by atoms with Crippen LogP contribution in [0, 0.1) is 5.92 Å². The molecule has 1 aliphatic carbocycles. The van der Waals surface area contributed by atoms with E-state index in [1.54, 1.807) is 19.1 Å². The highest BCUT2D eigenvalue weighted by Gasteiger charge is 2.57. The minimum absolute atomic E-state index is 0.0758. The van der Waals surface area contributed by atoms with Gasteiger partial charge in [-0.15, -0.1) is 0 Å². The maximum Gasteiger partial charge on any atom is 0.325 e. The third kappa shape index (κ3) is 2.10. The van der Waals surface area contributed by atoms with Crippen LogP contribution >= 0.6 is 15.9 Å². The van der Waals surface area contributed by atoms with E-state index in [1.165, 1.54) is 12.1 Å². The van der Waals surface area contributed by atoms with E-state index >= 15 is 0 Å². The lowest BCUT2D eigenvalue weighted by atomic mass is 9.97. The zero-order chi connectivity index (χ0) is 14.3. The summed E-state index contributed by atoms with van der Waals surface area (Å²) in [5.74, 6) is -1.61. The zero-order valence-corrected chi connectivity index (χ0v) is 12.9. The molecule has 2 atom stereocenters. The Morgan fingerprint density at radius 1 is 1.37 bits per heavy atom. The van der Waals surface area contributed by atoms with Gasteiger partial charge in [0.05, 0.1) is 4.90 Å². The Morgan fingerprint density at radius 3 is 2.37 bits per heavy atom. The van der Waals surface area contributed by atoms with Gasteiger partial charge in [0.2, 0.25) is 0 Å². The van der Waals surface area contributed by atoms with Crippen LogP contribution in [-0.4, -0.2) is 24.2 Å². The summed E-state index contributed by atoms with van der Waals surface area (Å²) in [5.41, 5.74) is 0. The molecule has 0 aliphatic heterocycles. The van der Waals surface area contributed by atoms with Crippen LogP contribution in [0.15, 0.2) is 33.6 Å². The summed E-state index contributed by atoms with van der Waals surface area (Å²) in [6.07, 6.45) is 1.44. The summed E-state index contributed by atoms with van der Waals surface area (Å²) in [4.78, 5) is 11.7. The number of carboxylic acids is 1. The molecule has 0 aromatic heterocycles. The van der Waals surface area contributed by atoms with Gasteiger partial charge in [-0.1, -0.05) is 29.3 Å². The van der Waals surface area contributed by atoms with E-state index in [1.807, 2.05) is 0 Å². The van der Waals surface area contributed by atoms with E-state index in [0.717, 1.165) is 4.47 Å². The highest BCUT2D eigenvalue weighted by Crippen LogP contribution is 2.44. The second kappa shape index (κ2) is 4.90. The molecule has 19 heavy (non-hydrogen) atoms. The molecule has 0 radical (unpaired) electrons. The Balaban J connectivity index is 2.59. The minimum Gasteiger partial charge on any atom is -0.480 e. The second-order valence-corrected chi connectivity index (χ2v) is 8.07. The first kappa shape index (κ1) is 14.5. The Labute approximate surface area is 120 Å². The number of hydrogen-bond acceptors (Lipinski definition) is 3. The van der Waals surface area contributed by atoms with Gasteiger partial charge in [0.1, 0.15) is 0 Å². The average molecular weight is 347 g/mol. The number of carbonyl (C=O) groups is 1. The molecule has 0 spiro atoms. The quantitative estimate of drug-likeness (QED) is 0.913. The molecule has 1 saturated carbocycles. The molecule has 0 bridgehead atoms. The van der Waals surface area contributed by atoms with Crippen LogP contribution in [-0.2, 0) is 14.6 Å². The summed E-state index contributed by atoms with van der Waals surface area (Å²) in [7, 11) is -3.89. The maximum absolute atomic E-state index is 12.7. The number of rotatable bonds is 3. The summed E-state index contributed by atoms with van der Waals surface area (Å²) in [5, 5.41) is 9.50. The third-order valence-corrected chi connectivity index (χ3v) is 7.11. The van der Waals surface area contributed by atoms with Crippen LogP contribution in [0.3, 0.4) is 0 Å². The van der Waals surface area contributed by atoms with Gasteiger partial charge in [0.15, 0.2) is 14.6 Å². The molecule has 2 rings (SSSR count). The Morgan fingerprint density at radius 2 is 1.95 bits per heavy atom. The van der Waals surface area contributed by atoms with Gasteiger partial charge in [-0.3, -0.25) is 4.79 Å². The molecule has 1 N–H and O–H groups in total. The van der Waals surface area contributed by atoms with Crippen molar-refractivity contribution in [3.05, 3.63) is 28.7 Å². The van der Waals surface area contributed by atoms with Gasteiger partial charge in [0, 0.05) is 4.47 Å². The average Bonchev–Trinajstić information content (AvgIpc) is 2.73. The van der Waals surface area contributed by atoms with Crippen LogP contribution in [0.2, 0.25) is 0 Å². The molecule has 0 heterocycles. The van der Waals surface area contributed by atoms with E-state index in [2.05, 4.69) is 15.9 Å². The normalized spacial score (nSPS) is 27.4. The van der Waals surface area contributed by atoms with Gasteiger partial charge in [-0.2, -0.15) is 0 Å². The Hall–Kier alpha value is -0.880. The number of hydrogen-bond donors (Lipinski definition) is 1. The van der Waals surface area contributed by atoms with Crippen molar-refractivity contribution >= 4 is 31.7 Å². The van der Waals surface area contributed by atoms with Crippen molar-refractivity contribution in [2.24, 2.45) is 5.92 Å². The van der Waals surface area contributed by atoms with Crippen molar-refractivity contribution in [1.82, 2.24) is 0 Å². The summed E-state index contributed by atoms with van der Waals surface area (Å²) in [6, 6.07) is 6.13. The first-order valence-electron chi connectivity index (χ1n) is 6.06. The van der Waals surface area contributed by atoms with Crippen molar-refractivity contribution in [1.29, 1.82) is 0 Å². The molecule has 1 fully saturated rings. The molecule has 2 unspecified atom stereocenters. The smallest absolute Gasteiger partial charge is 0.325 e. The predicted octanol–water partition coefficient (Wildman–Crippen LogP) is 2.87. The van der Waals surface area contributed by atoms with Crippen LogP contribution in [0.4, 0.5) is 0 Å². The fourth-order valence-corrected chi connectivity index (χ4v) is 5.28. The number of halogens is 1. The van der Waals surface area contributed by atoms with E-state index in [4.69, 9.17) is 0 Å². The molecule has 1 aliphatic rings. The van der Waals surface area contributed by atoms with Crippen LogP contribution in [0.25, 0.3) is 0 Å². The lowest BCUT2D eigenvalue weighted by Crippen LogP contribution is -2.48. The number of benzene rings is 1. The van der Waals surface area contributed by atoms with E-state index in [9.17, 15) is 18.3 Å². The highest BCUT2D eigenvalue weighted by molar-refractivity contribution is 9.10. The number of aliphatic carboxylic acids is 1. The van der Waals surface area contributed by atoms with Crippen molar-refractivity contribution in [3.63, 3.8) is 0 Å². The van der Waals surface area contributed by atoms with Crippen molar-refractivity contribution in [2.75, 3.05) is 0 Å². The van der Waals surface area contributed by atoms with Crippen molar-refractivity contribution in [2.45, 2.75) is 35.8 Å². The lowest BCUT2D eigenvalue weighted by molar-refractivity contribution is -0.141. The second-order valence-electron chi connectivity index (χ2n) is 4.95. The zero-order valence-electron chi connectivity index (χ0n) is 10.5. The summed E-state index contributed by atoms with van der Waals surface area (Å²) in [6.45, 7) is 1.71. The van der Waals surface area contributed by atoms with E-state index in [0.29, 0.717) is 12.8 Å². The first-order chi connectivity index (χ1) is 8.82. The van der Waals surface area contributed by atoms with Crippen molar-refractivity contribution < 1.29 is 18.3 Å². The molecule has 0 saturated heterocycles. The van der Waals surface area contributed by atoms with E-state index in [-0.39, 0.29) is 17.2 Å². The lowest BCUT2D eigenvalue weighted by Gasteiger charge is -2.28. The molecule has 1 aromatic rings. The molecular formula is C13H15BrO4S. The number of sulfone groups is 1. The minimum atomic E-state index is -3.89. The molecule has 6 heteroatoms. The molecule has 0 amide bonds. The standard InChI is InChI=1S/C13H15BrO4S/c1-9-3-2-8-13(9,12(15)16)19(17,18)11-6-4-10(14)5-7-11/h4-7,9H,2-3,8H2,1H3,(H,15,16). The van der Waals surface area contributed by atoms with Gasteiger partial charge < -0.3 is 5.11 Å². The fourth-order valence-electron chi connectivity index (χ4n) is 2.81. The van der Waals surface area contributed by atoms with Crippen LogP contribution < -0.4 is 0 Å². The SMILES string of the molecule is CC1CCCC1(C(=O)O)S(=O)(=O)c1ccc(Br)cc1. The van der Waals surface area contributed by atoms with Crippen molar-refractivity contribution in [3.8, 4) is 0 Å². The summed E-state index contributed by atoms with van der Waals surface area (Å²) >= 11 is 3.24. The Kier molecular flexibility index (Phi) is 3.75. The topological polar surface area (TPSA) is 71.4 Å². The highest BCUT2D eigenvalue weighted by atomic mass is 79.9. The Bertz CT molecular complexity index is 594. The predicted molar refractivity (Wildman–Crippen MR) is 74.7 cm³/mol. The molecule has 4 nitrogen and oxygen atoms in total. The number of carboxylic acid groups (broad SMARTS) is 1. The first-order valence-corrected chi connectivity index (χ1v) is 8.33. The van der Waals surface area contributed by atoms with Crippen LogP contribution in [0.5, 0.6) is 0 Å². The molecule has 104 valence electrons. The van der Waals surface area contributed by atoms with Gasteiger partial charge in [-0.05, 0) is 43.0 Å². The van der Waals surface area contributed by atoms with Crippen LogP contribution in [0.1, 0.15) is 26.2 Å². The molecule has 1 aromatic carbocycles. The largest absolute Gasteiger partial charge is 0.480 e. The maximum atomic E-state index is 12.7.